The highest BCUT2D eigenvalue weighted by molar-refractivity contribution is 7.78. The second-order valence-corrected chi connectivity index (χ2v) is 3.20. The van der Waals surface area contributed by atoms with Gasteiger partial charge in [0.25, 0.3) is 0 Å². The molecule has 104 valence electrons. The van der Waals surface area contributed by atoms with Gasteiger partial charge in [-0.15, -0.1) is 0 Å². The van der Waals surface area contributed by atoms with Gasteiger partial charge in [-0.1, -0.05) is 26.7 Å². The minimum atomic E-state index is 0.0255. The van der Waals surface area contributed by atoms with E-state index >= 15 is 0 Å². The minimum Gasteiger partial charge on any atom is -0.378 e. The van der Waals surface area contributed by atoms with E-state index < -0.39 is 0 Å². The summed E-state index contributed by atoms with van der Waals surface area (Å²) in [4.78, 5) is 10.5. The fraction of sp³-hybridized carbons (Fsp3) is 0.909. The molecule has 0 radical (unpaired) electrons. The van der Waals surface area contributed by atoms with Crippen LogP contribution in [0.25, 0.3) is 0 Å². The maximum Gasteiger partial charge on any atom is 0.155 e. The molecule has 0 aliphatic rings. The number of hydrogen-bond donors (Lipinski definition) is 2. The quantitative estimate of drug-likeness (QED) is 0.433. The molecule has 1 N–H and O–H groups in total. The van der Waals surface area contributed by atoms with Crippen LogP contribution in [0.4, 0.5) is 0 Å². The Labute approximate surface area is 110 Å². The van der Waals surface area contributed by atoms with Crippen LogP contribution in [-0.2, 0) is 19.0 Å². The van der Waals surface area contributed by atoms with E-state index in [4.69, 9.17) is 14.2 Å². The van der Waals surface area contributed by atoms with E-state index in [1.165, 1.54) is 6.92 Å². The van der Waals surface area contributed by atoms with E-state index in [1.54, 1.807) is 0 Å². The molecule has 0 spiro atoms. The number of hydrogen-bond acceptors (Lipinski definition) is 6. The van der Waals surface area contributed by atoms with Gasteiger partial charge in [0, 0.05) is 6.54 Å². The zero-order valence-electron chi connectivity index (χ0n) is 11.0. The Bertz CT molecular complexity index is 158. The Balaban J connectivity index is 0. The van der Waals surface area contributed by atoms with Crippen LogP contribution in [0.15, 0.2) is 0 Å². The van der Waals surface area contributed by atoms with Crippen LogP contribution in [0.3, 0.4) is 0 Å². The first-order valence-electron chi connectivity index (χ1n) is 5.87. The van der Waals surface area contributed by atoms with Crippen LogP contribution in [0.2, 0.25) is 0 Å². The highest BCUT2D eigenvalue weighted by Crippen LogP contribution is 1.81. The highest BCUT2D eigenvalue weighted by Gasteiger charge is 1.93. The zero-order valence-corrected chi connectivity index (χ0v) is 11.9. The molecule has 0 unspecified atom stereocenters. The molecule has 0 saturated heterocycles. The van der Waals surface area contributed by atoms with Gasteiger partial charge >= 0.3 is 0 Å². The lowest BCUT2D eigenvalue weighted by Crippen LogP contribution is -2.14. The van der Waals surface area contributed by atoms with E-state index in [1.807, 2.05) is 13.8 Å². The number of nitrogens with one attached hydrogen (secondary N) is 1. The lowest BCUT2D eigenvalue weighted by atomic mass is 10.5. The van der Waals surface area contributed by atoms with Gasteiger partial charge in [-0.05, 0) is 6.92 Å². The molecule has 0 amide bonds. The van der Waals surface area contributed by atoms with Crippen LogP contribution in [-0.4, -0.2) is 52.0 Å². The first-order valence-corrected chi connectivity index (χ1v) is 6.31. The van der Waals surface area contributed by atoms with Crippen molar-refractivity contribution in [1.82, 2.24) is 4.72 Å². The van der Waals surface area contributed by atoms with E-state index in [-0.39, 0.29) is 12.4 Å². The van der Waals surface area contributed by atoms with Crippen molar-refractivity contribution in [2.45, 2.75) is 20.8 Å². The van der Waals surface area contributed by atoms with Crippen LogP contribution < -0.4 is 4.72 Å². The number of thiol groups is 1. The number of Topliss-reactive ketones (excluding diaryl/α,β-unsaturated/α-hetero) is 1. The van der Waals surface area contributed by atoms with E-state index in [0.717, 1.165) is 0 Å². The number of rotatable bonds is 11. The average Bonchev–Trinajstić information content (AvgIpc) is 2.34. The first kappa shape index (κ1) is 19.2. The summed E-state index contributed by atoms with van der Waals surface area (Å²) in [5.74, 6) is 0.0255. The van der Waals surface area contributed by atoms with Crippen molar-refractivity contribution >= 4 is 18.6 Å². The summed E-state index contributed by atoms with van der Waals surface area (Å²) in [5, 5.41) is 0. The normalized spacial score (nSPS) is 9.65. The molecule has 0 aromatic rings. The highest BCUT2D eigenvalue weighted by atomic mass is 32.1. The summed E-state index contributed by atoms with van der Waals surface area (Å²) in [6.07, 6.45) is 0. The van der Waals surface area contributed by atoms with Crippen LogP contribution in [0, 0.1) is 0 Å². The first-order chi connectivity index (χ1) is 8.27. The van der Waals surface area contributed by atoms with Gasteiger partial charge < -0.3 is 14.2 Å². The van der Waals surface area contributed by atoms with Gasteiger partial charge in [0.15, 0.2) is 5.78 Å². The minimum absolute atomic E-state index is 0.0255. The summed E-state index contributed by atoms with van der Waals surface area (Å²) < 4.78 is 18.1. The van der Waals surface area contributed by atoms with Crippen molar-refractivity contribution in [1.29, 1.82) is 0 Å². The predicted molar refractivity (Wildman–Crippen MR) is 71.5 cm³/mol. The molecule has 0 heterocycles. The smallest absolute Gasteiger partial charge is 0.155 e. The van der Waals surface area contributed by atoms with Crippen molar-refractivity contribution in [2.75, 3.05) is 46.2 Å². The van der Waals surface area contributed by atoms with Crippen molar-refractivity contribution < 1.29 is 19.0 Å². The zero-order chi connectivity index (χ0) is 13.4. The molecule has 0 rings (SSSR count). The maximum absolute atomic E-state index is 10.5. The number of ether oxygens (including phenoxy) is 3. The lowest BCUT2D eigenvalue weighted by molar-refractivity contribution is -0.122. The molecule has 0 bridgehead atoms. The molecule has 0 aromatic heterocycles. The number of carbonyl (C=O) groups excluding carboxylic acids is 1. The third-order valence-electron chi connectivity index (χ3n) is 1.41. The van der Waals surface area contributed by atoms with E-state index in [2.05, 4.69) is 17.5 Å². The van der Waals surface area contributed by atoms with Gasteiger partial charge in [0.05, 0.1) is 33.0 Å². The molecule has 0 aliphatic carbocycles. The molecule has 0 aliphatic heterocycles. The molecular weight excluding hydrogens is 242 g/mol. The topological polar surface area (TPSA) is 56.8 Å². The fourth-order valence-corrected chi connectivity index (χ4v) is 0.865. The molecule has 0 fully saturated rings. The largest absolute Gasteiger partial charge is 0.378 e. The molecule has 6 heteroatoms. The number of carbonyl (C=O) groups is 1. The van der Waals surface area contributed by atoms with Crippen LogP contribution in [0.1, 0.15) is 20.8 Å². The molecule has 0 atom stereocenters. The van der Waals surface area contributed by atoms with E-state index in [0.29, 0.717) is 39.6 Å². The third kappa shape index (κ3) is 21.7. The van der Waals surface area contributed by atoms with Gasteiger partial charge in [0.2, 0.25) is 0 Å². The van der Waals surface area contributed by atoms with Crippen molar-refractivity contribution in [3.63, 3.8) is 0 Å². The van der Waals surface area contributed by atoms with Crippen LogP contribution in [0.5, 0.6) is 0 Å². The standard InChI is InChI=1S/C9H19NO4S.C2H6/c1-9(11)8-14-7-6-13-5-4-12-3-2-10-15;1-2/h10,15H,2-8H2,1H3;1-2H3. The average molecular weight is 267 g/mol. The SMILES string of the molecule is CC.CC(=O)COCCOCCOCCNS. The second kappa shape index (κ2) is 18.2. The fourth-order valence-electron chi connectivity index (χ4n) is 0.774. The van der Waals surface area contributed by atoms with Gasteiger partial charge in [-0.25, -0.2) is 0 Å². The Hall–Kier alpha value is -0.140. The molecule has 17 heavy (non-hydrogen) atoms. The second-order valence-electron chi connectivity index (χ2n) is 2.89. The molecule has 0 aromatic carbocycles. The Kier molecular flexibility index (Phi) is 20.6. The molecule has 5 nitrogen and oxygen atoms in total. The van der Waals surface area contributed by atoms with Crippen LogP contribution >= 0.6 is 12.8 Å². The van der Waals surface area contributed by atoms with E-state index in [9.17, 15) is 4.79 Å². The maximum atomic E-state index is 10.5. The molecule has 0 saturated carbocycles. The van der Waals surface area contributed by atoms with Crippen molar-refractivity contribution in [3.8, 4) is 0 Å². The monoisotopic (exact) mass is 267 g/mol. The summed E-state index contributed by atoms with van der Waals surface area (Å²) in [6, 6.07) is 0. The number of ketones is 1. The summed E-state index contributed by atoms with van der Waals surface area (Å²) in [5.41, 5.74) is 0. The summed E-state index contributed by atoms with van der Waals surface area (Å²) in [7, 11) is 0. The van der Waals surface area contributed by atoms with Gasteiger partial charge in [0.1, 0.15) is 6.61 Å². The Morgan fingerprint density at radius 1 is 1.00 bits per heavy atom. The van der Waals surface area contributed by atoms with Crippen molar-refractivity contribution in [2.24, 2.45) is 0 Å². The van der Waals surface area contributed by atoms with Gasteiger partial charge in [-0.3, -0.25) is 9.52 Å². The lowest BCUT2D eigenvalue weighted by Gasteiger charge is -2.05. The van der Waals surface area contributed by atoms with Gasteiger partial charge in [-0.2, -0.15) is 0 Å². The Morgan fingerprint density at radius 3 is 1.94 bits per heavy atom. The summed E-state index contributed by atoms with van der Waals surface area (Å²) in [6.45, 7) is 9.01. The Morgan fingerprint density at radius 2 is 1.47 bits per heavy atom. The molecular formula is C11H25NO4S. The summed E-state index contributed by atoms with van der Waals surface area (Å²) >= 11 is 3.81. The predicted octanol–water partition coefficient (Wildman–Crippen LogP) is 1.09. The van der Waals surface area contributed by atoms with Crippen molar-refractivity contribution in [3.05, 3.63) is 0 Å². The third-order valence-corrected chi connectivity index (χ3v) is 1.63.